The molecule has 2 aromatic carbocycles. The van der Waals surface area contributed by atoms with Crippen LogP contribution in [0.3, 0.4) is 0 Å². The van der Waals surface area contributed by atoms with E-state index in [0.29, 0.717) is 22.0 Å². The molecule has 0 fully saturated rings. The van der Waals surface area contributed by atoms with E-state index >= 15 is 0 Å². The Morgan fingerprint density at radius 2 is 1.70 bits per heavy atom. The molecule has 0 aliphatic carbocycles. The summed E-state index contributed by atoms with van der Waals surface area (Å²) >= 11 is 17.9. The number of hydrazine groups is 1. The molecular weight excluding hydrogens is 322 g/mol. The van der Waals surface area contributed by atoms with Gasteiger partial charge in [-0.05, 0) is 41.8 Å². The lowest BCUT2D eigenvalue weighted by Gasteiger charge is -2.18. The zero-order valence-corrected chi connectivity index (χ0v) is 12.6. The molecular formula is C14H12Cl3FN2. The van der Waals surface area contributed by atoms with E-state index in [1.807, 2.05) is 0 Å². The Morgan fingerprint density at radius 3 is 2.25 bits per heavy atom. The Bertz CT molecular complexity index is 599. The quantitative estimate of drug-likeness (QED) is 0.637. The summed E-state index contributed by atoms with van der Waals surface area (Å²) in [6.45, 7) is 0. The predicted octanol–water partition coefficient (Wildman–Crippen LogP) is 4.53. The van der Waals surface area contributed by atoms with Crippen LogP contribution in [0.4, 0.5) is 4.39 Å². The first kappa shape index (κ1) is 15.5. The number of benzene rings is 2. The summed E-state index contributed by atoms with van der Waals surface area (Å²) in [5.74, 6) is 5.06. The minimum Gasteiger partial charge on any atom is -0.271 e. The summed E-state index contributed by atoms with van der Waals surface area (Å²) in [5.41, 5.74) is 4.07. The van der Waals surface area contributed by atoms with Gasteiger partial charge < -0.3 is 0 Å². The zero-order chi connectivity index (χ0) is 14.7. The Balaban J connectivity index is 2.31. The summed E-state index contributed by atoms with van der Waals surface area (Å²) in [7, 11) is 0. The Hall–Kier alpha value is -0.840. The maximum Gasteiger partial charge on any atom is 0.142 e. The molecule has 6 heteroatoms. The molecule has 1 atom stereocenters. The van der Waals surface area contributed by atoms with Crippen molar-refractivity contribution in [2.24, 2.45) is 5.84 Å². The van der Waals surface area contributed by atoms with Gasteiger partial charge in [0.25, 0.3) is 0 Å². The smallest absolute Gasteiger partial charge is 0.142 e. The third kappa shape index (κ3) is 3.43. The van der Waals surface area contributed by atoms with Crippen LogP contribution in [0.2, 0.25) is 15.1 Å². The molecule has 0 saturated heterocycles. The third-order valence-electron chi connectivity index (χ3n) is 3.02. The first-order chi connectivity index (χ1) is 9.52. The summed E-state index contributed by atoms with van der Waals surface area (Å²) in [6.07, 6.45) is 0.441. The van der Waals surface area contributed by atoms with Gasteiger partial charge in [0.1, 0.15) is 5.82 Å². The van der Waals surface area contributed by atoms with Crippen LogP contribution in [0.5, 0.6) is 0 Å². The van der Waals surface area contributed by atoms with Crippen molar-refractivity contribution in [3.63, 3.8) is 0 Å². The lowest BCUT2D eigenvalue weighted by molar-refractivity contribution is 0.544. The summed E-state index contributed by atoms with van der Waals surface area (Å²) in [5, 5.41) is 1.17. The highest BCUT2D eigenvalue weighted by Gasteiger charge is 2.16. The fourth-order valence-corrected chi connectivity index (χ4v) is 2.60. The molecule has 0 spiro atoms. The van der Waals surface area contributed by atoms with Crippen molar-refractivity contribution in [2.75, 3.05) is 0 Å². The zero-order valence-electron chi connectivity index (χ0n) is 10.3. The molecule has 2 aromatic rings. The fourth-order valence-electron chi connectivity index (χ4n) is 1.93. The van der Waals surface area contributed by atoms with Gasteiger partial charge >= 0.3 is 0 Å². The van der Waals surface area contributed by atoms with E-state index in [4.69, 9.17) is 40.6 Å². The van der Waals surface area contributed by atoms with Gasteiger partial charge in [-0.25, -0.2) is 4.39 Å². The van der Waals surface area contributed by atoms with Gasteiger partial charge in [-0.2, -0.15) is 0 Å². The second-order valence-electron chi connectivity index (χ2n) is 4.30. The third-order valence-corrected chi connectivity index (χ3v) is 4.03. The first-order valence-corrected chi connectivity index (χ1v) is 7.00. The largest absolute Gasteiger partial charge is 0.271 e. The number of rotatable bonds is 4. The van der Waals surface area contributed by atoms with Gasteiger partial charge in [-0.3, -0.25) is 11.3 Å². The molecule has 0 aromatic heterocycles. The minimum absolute atomic E-state index is 0.0697. The topological polar surface area (TPSA) is 38.0 Å². The van der Waals surface area contributed by atoms with Gasteiger partial charge in [0.2, 0.25) is 0 Å². The molecule has 2 nitrogen and oxygen atoms in total. The molecule has 106 valence electrons. The van der Waals surface area contributed by atoms with Gasteiger partial charge in [0, 0.05) is 10.0 Å². The summed E-state index contributed by atoms with van der Waals surface area (Å²) < 4.78 is 13.5. The van der Waals surface area contributed by atoms with E-state index in [0.717, 1.165) is 5.56 Å². The summed E-state index contributed by atoms with van der Waals surface area (Å²) in [4.78, 5) is 0. The van der Waals surface area contributed by atoms with Crippen LogP contribution in [0.25, 0.3) is 0 Å². The van der Waals surface area contributed by atoms with E-state index in [2.05, 4.69) is 5.43 Å². The molecule has 0 saturated carbocycles. The van der Waals surface area contributed by atoms with Crippen molar-refractivity contribution in [3.8, 4) is 0 Å². The van der Waals surface area contributed by atoms with Gasteiger partial charge in [-0.15, -0.1) is 0 Å². The van der Waals surface area contributed by atoms with Crippen molar-refractivity contribution in [3.05, 3.63) is 68.4 Å². The van der Waals surface area contributed by atoms with Crippen molar-refractivity contribution in [1.82, 2.24) is 5.43 Å². The lowest BCUT2D eigenvalue weighted by Crippen LogP contribution is -2.29. The molecule has 0 bridgehead atoms. The van der Waals surface area contributed by atoms with Crippen LogP contribution in [-0.4, -0.2) is 0 Å². The number of hydrogen-bond acceptors (Lipinski definition) is 2. The second kappa shape index (κ2) is 6.74. The van der Waals surface area contributed by atoms with Gasteiger partial charge in [0.05, 0.1) is 11.1 Å². The number of nitrogens with two attached hydrogens (primary N) is 1. The van der Waals surface area contributed by atoms with Gasteiger partial charge in [0.15, 0.2) is 0 Å². The molecule has 3 N–H and O–H groups in total. The minimum atomic E-state index is -0.491. The second-order valence-corrected chi connectivity index (χ2v) is 5.52. The van der Waals surface area contributed by atoms with E-state index in [-0.39, 0.29) is 11.1 Å². The average Bonchev–Trinajstić information content (AvgIpc) is 2.42. The maximum absolute atomic E-state index is 13.5. The standard InChI is InChI=1S/C14H12Cl3FN2/c15-10-2-1-3-11(16)9(10)7-14(20-19)8-4-5-12(17)13(18)6-8/h1-6,14,20H,7,19H2. The van der Waals surface area contributed by atoms with Crippen LogP contribution in [0.15, 0.2) is 36.4 Å². The molecule has 0 heterocycles. The number of halogens is 4. The number of nitrogens with one attached hydrogen (secondary N) is 1. The van der Waals surface area contributed by atoms with Crippen LogP contribution in [0, 0.1) is 5.82 Å². The van der Waals surface area contributed by atoms with E-state index < -0.39 is 5.82 Å². The fraction of sp³-hybridized carbons (Fsp3) is 0.143. The molecule has 0 radical (unpaired) electrons. The van der Waals surface area contributed by atoms with Crippen molar-refractivity contribution in [2.45, 2.75) is 12.5 Å². The summed E-state index contributed by atoms with van der Waals surface area (Å²) in [6, 6.07) is 9.49. The van der Waals surface area contributed by atoms with Crippen LogP contribution in [0.1, 0.15) is 17.2 Å². The highest BCUT2D eigenvalue weighted by Crippen LogP contribution is 2.30. The average molecular weight is 334 g/mol. The molecule has 0 aliphatic rings. The molecule has 20 heavy (non-hydrogen) atoms. The molecule has 0 aliphatic heterocycles. The molecule has 1 unspecified atom stereocenters. The van der Waals surface area contributed by atoms with Crippen molar-refractivity contribution in [1.29, 1.82) is 0 Å². The normalized spacial score (nSPS) is 12.4. The highest BCUT2D eigenvalue weighted by molar-refractivity contribution is 6.36. The SMILES string of the molecule is NNC(Cc1c(Cl)cccc1Cl)c1ccc(Cl)c(F)c1. The van der Waals surface area contributed by atoms with E-state index in [1.54, 1.807) is 24.3 Å². The number of hydrogen-bond donors (Lipinski definition) is 2. The van der Waals surface area contributed by atoms with Gasteiger partial charge in [-0.1, -0.05) is 46.9 Å². The van der Waals surface area contributed by atoms with E-state index in [9.17, 15) is 4.39 Å². The maximum atomic E-state index is 13.5. The van der Waals surface area contributed by atoms with Crippen LogP contribution >= 0.6 is 34.8 Å². The monoisotopic (exact) mass is 332 g/mol. The lowest BCUT2D eigenvalue weighted by atomic mass is 9.99. The van der Waals surface area contributed by atoms with Crippen LogP contribution < -0.4 is 11.3 Å². The predicted molar refractivity (Wildman–Crippen MR) is 81.6 cm³/mol. The highest BCUT2D eigenvalue weighted by atomic mass is 35.5. The molecule has 0 amide bonds. The first-order valence-electron chi connectivity index (χ1n) is 5.87. The molecule has 2 rings (SSSR count). The Kier molecular flexibility index (Phi) is 5.24. The van der Waals surface area contributed by atoms with Crippen molar-refractivity contribution < 1.29 is 4.39 Å². The Morgan fingerprint density at radius 1 is 1.05 bits per heavy atom. The van der Waals surface area contributed by atoms with Crippen LogP contribution in [-0.2, 0) is 6.42 Å². The Labute approximate surface area is 131 Å². The van der Waals surface area contributed by atoms with Crippen molar-refractivity contribution >= 4 is 34.8 Å². The van der Waals surface area contributed by atoms with E-state index in [1.165, 1.54) is 12.1 Å².